The summed E-state index contributed by atoms with van der Waals surface area (Å²) in [6.07, 6.45) is 4.21. The molecule has 7 nitrogen and oxygen atoms in total. The van der Waals surface area contributed by atoms with E-state index in [2.05, 4.69) is 10.4 Å². The van der Waals surface area contributed by atoms with E-state index >= 15 is 0 Å². The normalized spacial score (nSPS) is 14.4. The lowest BCUT2D eigenvalue weighted by atomic mass is 10.3. The van der Waals surface area contributed by atoms with Gasteiger partial charge in [0.05, 0.1) is 17.3 Å². The highest BCUT2D eigenvalue weighted by Crippen LogP contribution is 2.38. The molecule has 1 aromatic heterocycles. The van der Waals surface area contributed by atoms with E-state index in [0.29, 0.717) is 12.5 Å². The maximum atomic E-state index is 12.1. The van der Waals surface area contributed by atoms with Crippen molar-refractivity contribution < 1.29 is 13.2 Å². The molecule has 9 heteroatoms. The van der Waals surface area contributed by atoms with E-state index in [9.17, 15) is 13.2 Å². The first-order valence-corrected chi connectivity index (χ1v) is 9.40. The number of halogens is 1. The number of hydrogen-bond donors (Lipinski definition) is 2. The molecule has 1 fully saturated rings. The molecular formula is C15H17ClN4O3S. The molecule has 1 aromatic carbocycles. The van der Waals surface area contributed by atoms with Gasteiger partial charge in [-0.2, -0.15) is 5.10 Å². The van der Waals surface area contributed by atoms with Crippen LogP contribution in [0.5, 0.6) is 0 Å². The average Bonchev–Trinajstić information content (AvgIpc) is 3.27. The van der Waals surface area contributed by atoms with E-state index < -0.39 is 16.1 Å². The highest BCUT2D eigenvalue weighted by molar-refractivity contribution is 7.90. The lowest BCUT2D eigenvalue weighted by Crippen LogP contribution is -2.40. The molecule has 3 rings (SSSR count). The van der Waals surface area contributed by atoms with Crippen molar-refractivity contribution in [1.29, 1.82) is 0 Å². The minimum atomic E-state index is -4.00. The van der Waals surface area contributed by atoms with Gasteiger partial charge >= 0.3 is 6.03 Å². The van der Waals surface area contributed by atoms with Crippen LogP contribution in [0.2, 0.25) is 5.02 Å². The molecule has 0 radical (unpaired) electrons. The first-order valence-electron chi connectivity index (χ1n) is 7.54. The van der Waals surface area contributed by atoms with Gasteiger partial charge in [0.25, 0.3) is 10.0 Å². The topological polar surface area (TPSA) is 93.1 Å². The molecule has 2 N–H and O–H groups in total. The number of nitrogens with one attached hydrogen (secondary N) is 2. The first-order chi connectivity index (χ1) is 11.5. The van der Waals surface area contributed by atoms with Crippen LogP contribution in [0.15, 0.2) is 41.4 Å². The van der Waals surface area contributed by atoms with Crippen LogP contribution in [0.25, 0.3) is 0 Å². The van der Waals surface area contributed by atoms with Gasteiger partial charge in [0.2, 0.25) is 0 Å². The summed E-state index contributed by atoms with van der Waals surface area (Å²) >= 11 is 5.85. The summed E-state index contributed by atoms with van der Waals surface area (Å²) in [6, 6.07) is 7.10. The van der Waals surface area contributed by atoms with Gasteiger partial charge in [0.1, 0.15) is 4.90 Å². The van der Waals surface area contributed by atoms with Crippen molar-refractivity contribution in [1.82, 2.24) is 19.8 Å². The van der Waals surface area contributed by atoms with Crippen molar-refractivity contribution in [3.05, 3.63) is 47.2 Å². The Morgan fingerprint density at radius 3 is 2.75 bits per heavy atom. The summed E-state index contributed by atoms with van der Waals surface area (Å²) in [4.78, 5) is 11.6. The van der Waals surface area contributed by atoms with Gasteiger partial charge < -0.3 is 5.32 Å². The summed E-state index contributed by atoms with van der Waals surface area (Å²) in [7, 11) is -4.00. The van der Waals surface area contributed by atoms with E-state index in [1.165, 1.54) is 31.0 Å². The third kappa shape index (κ3) is 4.07. The Labute approximate surface area is 145 Å². The summed E-state index contributed by atoms with van der Waals surface area (Å²) in [5, 5.41) is 6.97. The van der Waals surface area contributed by atoms with Gasteiger partial charge in [-0.05, 0) is 31.0 Å². The second-order valence-electron chi connectivity index (χ2n) is 5.57. The van der Waals surface area contributed by atoms with Crippen molar-refractivity contribution in [2.75, 3.05) is 6.54 Å². The lowest BCUT2D eigenvalue weighted by molar-refractivity contribution is 0.245. The second kappa shape index (κ2) is 6.82. The number of rotatable bonds is 6. The molecule has 1 saturated carbocycles. The van der Waals surface area contributed by atoms with Crippen molar-refractivity contribution in [2.24, 2.45) is 0 Å². The van der Waals surface area contributed by atoms with Crippen LogP contribution in [0.3, 0.4) is 0 Å². The zero-order valence-electron chi connectivity index (χ0n) is 12.8. The van der Waals surface area contributed by atoms with Crippen LogP contribution in [0, 0.1) is 0 Å². The van der Waals surface area contributed by atoms with Gasteiger partial charge in [-0.1, -0.05) is 23.7 Å². The summed E-state index contributed by atoms with van der Waals surface area (Å²) < 4.78 is 27.9. The van der Waals surface area contributed by atoms with E-state index in [1.807, 2.05) is 17.0 Å². The van der Waals surface area contributed by atoms with Crippen molar-refractivity contribution in [2.45, 2.75) is 30.2 Å². The number of nitrogens with zero attached hydrogens (tertiary/aromatic N) is 2. The predicted octanol–water partition coefficient (Wildman–Crippen LogP) is 2.10. The number of benzene rings is 1. The molecule has 2 aromatic rings. The van der Waals surface area contributed by atoms with E-state index in [-0.39, 0.29) is 16.5 Å². The number of urea groups is 1. The number of amides is 2. The van der Waals surface area contributed by atoms with Crippen molar-refractivity contribution >= 4 is 27.7 Å². The Hall–Kier alpha value is -2.06. The number of aromatic nitrogens is 2. The molecule has 1 aliphatic carbocycles. The zero-order valence-corrected chi connectivity index (χ0v) is 14.3. The second-order valence-corrected chi connectivity index (χ2v) is 7.63. The Bertz CT molecular complexity index is 846. The molecule has 2 amide bonds. The van der Waals surface area contributed by atoms with Crippen molar-refractivity contribution in [3.63, 3.8) is 0 Å². The Balaban J connectivity index is 1.50. The maximum Gasteiger partial charge on any atom is 0.328 e. The van der Waals surface area contributed by atoms with E-state index in [1.54, 1.807) is 10.7 Å². The molecule has 0 atom stereocenters. The summed E-state index contributed by atoms with van der Waals surface area (Å²) in [6.45, 7) is 0.724. The first kappa shape index (κ1) is 16.8. The molecule has 0 bridgehead atoms. The fourth-order valence-corrected chi connectivity index (χ4v) is 3.71. The quantitative estimate of drug-likeness (QED) is 0.816. The molecule has 24 heavy (non-hydrogen) atoms. The fourth-order valence-electron chi connectivity index (χ4n) is 2.26. The molecule has 0 unspecified atom stereocenters. The standard InChI is InChI=1S/C15H17ClN4O3S/c16-12-3-1-2-4-14(12)24(22,23)19-15(21)17-8-10-20-9-7-13(18-20)11-5-6-11/h1-4,7,9,11H,5-6,8,10H2,(H2,17,19,21). The van der Waals surface area contributed by atoms with Gasteiger partial charge in [-0.15, -0.1) is 0 Å². The van der Waals surface area contributed by atoms with Crippen LogP contribution in [0.1, 0.15) is 24.5 Å². The Morgan fingerprint density at radius 1 is 1.29 bits per heavy atom. The highest BCUT2D eigenvalue weighted by Gasteiger charge is 2.25. The van der Waals surface area contributed by atoms with Crippen LogP contribution in [-0.2, 0) is 16.6 Å². The van der Waals surface area contributed by atoms with E-state index in [0.717, 1.165) is 5.69 Å². The molecule has 1 heterocycles. The Kier molecular flexibility index (Phi) is 4.77. The number of carbonyl (C=O) groups excluding carboxylic acids is 1. The SMILES string of the molecule is O=C(NCCn1ccc(C2CC2)n1)NS(=O)(=O)c1ccccc1Cl. The highest BCUT2D eigenvalue weighted by atomic mass is 35.5. The minimum absolute atomic E-state index is 0.0574. The molecular weight excluding hydrogens is 352 g/mol. The zero-order chi connectivity index (χ0) is 17.2. The van der Waals surface area contributed by atoms with Crippen molar-refractivity contribution in [3.8, 4) is 0 Å². The predicted molar refractivity (Wildman–Crippen MR) is 89.4 cm³/mol. The van der Waals surface area contributed by atoms with Crippen LogP contribution < -0.4 is 10.0 Å². The van der Waals surface area contributed by atoms with Gasteiger partial charge in [-0.3, -0.25) is 4.68 Å². The lowest BCUT2D eigenvalue weighted by Gasteiger charge is -2.09. The van der Waals surface area contributed by atoms with Crippen LogP contribution in [-0.4, -0.2) is 30.8 Å². The molecule has 0 saturated heterocycles. The minimum Gasteiger partial charge on any atom is -0.335 e. The largest absolute Gasteiger partial charge is 0.335 e. The number of carbonyl (C=O) groups is 1. The molecule has 0 spiro atoms. The molecule has 1 aliphatic rings. The van der Waals surface area contributed by atoms with Gasteiger partial charge in [-0.25, -0.2) is 17.9 Å². The van der Waals surface area contributed by atoms with Crippen LogP contribution in [0.4, 0.5) is 4.79 Å². The third-order valence-electron chi connectivity index (χ3n) is 3.64. The van der Waals surface area contributed by atoms with Gasteiger partial charge in [0, 0.05) is 18.7 Å². The summed E-state index contributed by atoms with van der Waals surface area (Å²) in [5.41, 5.74) is 1.07. The smallest absolute Gasteiger partial charge is 0.328 e. The monoisotopic (exact) mass is 368 g/mol. The Morgan fingerprint density at radius 2 is 2.04 bits per heavy atom. The van der Waals surface area contributed by atoms with Crippen LogP contribution >= 0.6 is 11.6 Å². The summed E-state index contributed by atoms with van der Waals surface area (Å²) in [5.74, 6) is 0.572. The number of hydrogen-bond acceptors (Lipinski definition) is 4. The number of sulfonamides is 1. The fraction of sp³-hybridized carbons (Fsp3) is 0.333. The molecule has 0 aliphatic heterocycles. The van der Waals surface area contributed by atoms with E-state index in [4.69, 9.17) is 11.6 Å². The van der Waals surface area contributed by atoms with Gasteiger partial charge in [0.15, 0.2) is 0 Å². The average molecular weight is 369 g/mol. The third-order valence-corrected chi connectivity index (χ3v) is 5.47. The molecule has 128 valence electrons. The maximum absolute atomic E-state index is 12.1.